The van der Waals surface area contributed by atoms with Gasteiger partial charge in [-0.1, -0.05) is 0 Å². The molecule has 0 saturated carbocycles. The Kier molecular flexibility index (Phi) is 7.06. The first-order valence-electron chi connectivity index (χ1n) is 8.64. The van der Waals surface area contributed by atoms with E-state index in [1.165, 1.54) is 43.4 Å². The van der Waals surface area contributed by atoms with E-state index in [4.69, 9.17) is 9.47 Å². The van der Waals surface area contributed by atoms with Crippen molar-refractivity contribution in [1.82, 2.24) is 9.88 Å². The lowest BCUT2D eigenvalue weighted by Crippen LogP contribution is -2.38. The van der Waals surface area contributed by atoms with Gasteiger partial charge in [-0.2, -0.15) is 0 Å². The van der Waals surface area contributed by atoms with Gasteiger partial charge in [-0.3, -0.25) is 9.59 Å². The van der Waals surface area contributed by atoms with Gasteiger partial charge in [0.05, 0.1) is 20.3 Å². The molecule has 0 aliphatic carbocycles. The van der Waals surface area contributed by atoms with Crippen LogP contribution in [0.25, 0.3) is 0 Å². The maximum atomic E-state index is 13.1. The van der Waals surface area contributed by atoms with Crippen LogP contribution in [0.5, 0.6) is 0 Å². The Bertz CT molecular complexity index is 873. The molecular formula is C20H23FN2O5. The fraction of sp³-hybridized carbons (Fsp3) is 0.350. The van der Waals surface area contributed by atoms with Gasteiger partial charge in [-0.05, 0) is 43.7 Å². The highest BCUT2D eigenvalue weighted by Gasteiger charge is 2.25. The molecule has 0 saturated heterocycles. The molecule has 0 spiro atoms. The monoisotopic (exact) mass is 390 g/mol. The van der Waals surface area contributed by atoms with Crippen LogP contribution in [0.15, 0.2) is 24.3 Å². The van der Waals surface area contributed by atoms with E-state index in [1.807, 2.05) is 0 Å². The fourth-order valence-corrected chi connectivity index (χ4v) is 2.96. The Balaban J connectivity index is 2.28. The van der Waals surface area contributed by atoms with Crippen molar-refractivity contribution in [3.05, 3.63) is 58.2 Å². The molecular weight excluding hydrogens is 367 g/mol. The van der Waals surface area contributed by atoms with Crippen molar-refractivity contribution < 1.29 is 28.2 Å². The molecule has 1 aromatic heterocycles. The number of aromatic amines is 1. The van der Waals surface area contributed by atoms with Crippen LogP contribution in [-0.4, -0.2) is 61.5 Å². The number of ketones is 1. The van der Waals surface area contributed by atoms with E-state index in [1.54, 1.807) is 13.8 Å². The van der Waals surface area contributed by atoms with Crippen molar-refractivity contribution in [2.24, 2.45) is 0 Å². The number of halogens is 1. The Labute approximate surface area is 162 Å². The average Bonchev–Trinajstić information content (AvgIpc) is 2.98. The van der Waals surface area contributed by atoms with Gasteiger partial charge >= 0.3 is 5.97 Å². The van der Waals surface area contributed by atoms with Crippen LogP contribution >= 0.6 is 0 Å². The largest absolute Gasteiger partial charge is 0.464 e. The van der Waals surface area contributed by atoms with Crippen molar-refractivity contribution in [3.63, 3.8) is 0 Å². The normalized spacial score (nSPS) is 10.6. The number of amides is 1. The molecule has 1 aromatic carbocycles. The summed E-state index contributed by atoms with van der Waals surface area (Å²) in [6.45, 7) is 3.53. The lowest BCUT2D eigenvalue weighted by Gasteiger charge is -2.22. The molecule has 0 aliphatic rings. The van der Waals surface area contributed by atoms with E-state index in [0.717, 1.165) is 0 Å². The molecule has 28 heavy (non-hydrogen) atoms. The van der Waals surface area contributed by atoms with E-state index in [-0.39, 0.29) is 36.7 Å². The Morgan fingerprint density at radius 1 is 1.11 bits per heavy atom. The predicted molar refractivity (Wildman–Crippen MR) is 100 cm³/mol. The highest BCUT2D eigenvalue weighted by Crippen LogP contribution is 2.20. The van der Waals surface area contributed by atoms with Gasteiger partial charge in [0.15, 0.2) is 5.78 Å². The van der Waals surface area contributed by atoms with Gasteiger partial charge in [-0.15, -0.1) is 0 Å². The fourth-order valence-electron chi connectivity index (χ4n) is 2.96. The van der Waals surface area contributed by atoms with Crippen LogP contribution in [0.4, 0.5) is 4.39 Å². The van der Waals surface area contributed by atoms with Crippen LogP contribution in [0.3, 0.4) is 0 Å². The minimum Gasteiger partial charge on any atom is -0.464 e. The van der Waals surface area contributed by atoms with E-state index >= 15 is 0 Å². The van der Waals surface area contributed by atoms with Crippen LogP contribution in [0.1, 0.15) is 42.5 Å². The minimum absolute atomic E-state index is 0.185. The zero-order chi connectivity index (χ0) is 20.8. The van der Waals surface area contributed by atoms with E-state index in [9.17, 15) is 18.8 Å². The number of nitrogens with zero attached hydrogens (tertiary/aromatic N) is 1. The summed E-state index contributed by atoms with van der Waals surface area (Å²) < 4.78 is 22.9. The number of hydrogen-bond donors (Lipinski definition) is 1. The number of Topliss-reactive ketones (excluding diaryl/α,β-unsaturated/α-hetero) is 1. The summed E-state index contributed by atoms with van der Waals surface area (Å²) in [7, 11) is 2.75. The third-order valence-electron chi connectivity index (χ3n) is 4.38. The number of esters is 1. The maximum Gasteiger partial charge on any atom is 0.354 e. The molecule has 0 unspecified atom stereocenters. The molecule has 1 N–H and O–H groups in total. The van der Waals surface area contributed by atoms with E-state index < -0.39 is 17.7 Å². The topological polar surface area (TPSA) is 88.7 Å². The lowest BCUT2D eigenvalue weighted by atomic mass is 10.0. The van der Waals surface area contributed by atoms with Crippen LogP contribution in [-0.2, 0) is 9.47 Å². The molecule has 2 rings (SSSR count). The number of carbonyl (C=O) groups excluding carboxylic acids is 3. The number of methoxy groups -OCH3 is 2. The second-order valence-corrected chi connectivity index (χ2v) is 6.27. The number of benzene rings is 1. The predicted octanol–water partition coefficient (Wildman–Crippen LogP) is 2.53. The van der Waals surface area contributed by atoms with E-state index in [0.29, 0.717) is 16.8 Å². The molecule has 0 radical (unpaired) electrons. The Morgan fingerprint density at radius 3 is 2.32 bits per heavy atom. The SMILES string of the molecule is COCCN(CC(=O)c1c(C)[nH]c(C(=O)OC)c1C)C(=O)c1ccc(F)cc1. The maximum absolute atomic E-state index is 13.1. The molecule has 0 bridgehead atoms. The zero-order valence-corrected chi connectivity index (χ0v) is 16.3. The van der Waals surface area contributed by atoms with Crippen LogP contribution in [0, 0.1) is 19.7 Å². The van der Waals surface area contributed by atoms with Gasteiger partial charge in [0.25, 0.3) is 5.91 Å². The first kappa shape index (κ1) is 21.3. The minimum atomic E-state index is -0.571. The van der Waals surface area contributed by atoms with Crippen molar-refractivity contribution in [3.8, 4) is 0 Å². The molecule has 0 aliphatic heterocycles. The van der Waals surface area contributed by atoms with Crippen molar-refractivity contribution >= 4 is 17.7 Å². The first-order valence-corrected chi connectivity index (χ1v) is 8.64. The Morgan fingerprint density at radius 2 is 1.75 bits per heavy atom. The van der Waals surface area contributed by atoms with E-state index in [2.05, 4.69) is 4.98 Å². The summed E-state index contributed by atoms with van der Waals surface area (Å²) in [5, 5.41) is 0. The molecule has 8 heteroatoms. The molecule has 0 atom stereocenters. The standard InChI is InChI=1S/C20H23FN2O5/c1-12-17(13(2)22-18(12)20(26)28-4)16(24)11-23(9-10-27-3)19(25)14-5-7-15(21)8-6-14/h5-8,22H,9-11H2,1-4H3. The summed E-state index contributed by atoms with van der Waals surface area (Å²) in [6.07, 6.45) is 0. The second-order valence-electron chi connectivity index (χ2n) is 6.27. The number of carbonyl (C=O) groups is 3. The molecule has 150 valence electrons. The molecule has 1 heterocycles. The van der Waals surface area contributed by atoms with Crippen molar-refractivity contribution in [2.75, 3.05) is 33.9 Å². The van der Waals surface area contributed by atoms with Crippen LogP contribution < -0.4 is 0 Å². The summed E-state index contributed by atoms with van der Waals surface area (Å²) in [5.41, 5.74) is 1.80. The van der Waals surface area contributed by atoms with Gasteiger partial charge < -0.3 is 19.4 Å². The Hall–Kier alpha value is -3.00. The number of nitrogens with one attached hydrogen (secondary N) is 1. The third-order valence-corrected chi connectivity index (χ3v) is 4.38. The number of hydrogen-bond acceptors (Lipinski definition) is 5. The number of rotatable bonds is 8. The summed E-state index contributed by atoms with van der Waals surface area (Å²) in [6, 6.07) is 5.10. The highest BCUT2D eigenvalue weighted by molar-refractivity contribution is 6.05. The molecule has 7 nitrogen and oxygen atoms in total. The third kappa shape index (κ3) is 4.64. The van der Waals surface area contributed by atoms with Crippen molar-refractivity contribution in [2.45, 2.75) is 13.8 Å². The average molecular weight is 390 g/mol. The van der Waals surface area contributed by atoms with Gasteiger partial charge in [0, 0.05) is 30.5 Å². The number of aryl methyl sites for hydroxylation is 1. The number of H-pyrrole nitrogens is 1. The molecule has 1 amide bonds. The lowest BCUT2D eigenvalue weighted by molar-refractivity contribution is 0.0593. The van der Waals surface area contributed by atoms with Crippen LogP contribution in [0.2, 0.25) is 0 Å². The second kappa shape index (κ2) is 9.27. The summed E-state index contributed by atoms with van der Waals surface area (Å²) in [5.74, 6) is -1.76. The highest BCUT2D eigenvalue weighted by atomic mass is 19.1. The quantitative estimate of drug-likeness (QED) is 0.553. The van der Waals surface area contributed by atoms with Gasteiger partial charge in [0.2, 0.25) is 0 Å². The molecule has 0 fully saturated rings. The van der Waals surface area contributed by atoms with Gasteiger partial charge in [0.1, 0.15) is 11.5 Å². The summed E-state index contributed by atoms with van der Waals surface area (Å²) in [4.78, 5) is 41.7. The first-order chi connectivity index (χ1) is 13.3. The van der Waals surface area contributed by atoms with Gasteiger partial charge in [-0.25, -0.2) is 9.18 Å². The molecule has 2 aromatic rings. The smallest absolute Gasteiger partial charge is 0.354 e. The summed E-state index contributed by atoms with van der Waals surface area (Å²) >= 11 is 0. The van der Waals surface area contributed by atoms with Crippen molar-refractivity contribution in [1.29, 1.82) is 0 Å². The zero-order valence-electron chi connectivity index (χ0n) is 16.3. The number of aromatic nitrogens is 1. The number of ether oxygens (including phenoxy) is 2.